The molecule has 0 aliphatic heterocycles. The standard InChI is InChI=1S/C15H16N2O4/c1-20-14-6-4-10(8-13(14)18)17-12-5-3-9(7-11(12)16)15(19)21-2/h3-8,17-18H,16H2,1-2H3. The van der Waals surface area contributed by atoms with Crippen LogP contribution in [0.4, 0.5) is 17.1 Å². The van der Waals surface area contributed by atoms with Crippen molar-refractivity contribution in [1.29, 1.82) is 0 Å². The van der Waals surface area contributed by atoms with E-state index in [1.807, 2.05) is 0 Å². The predicted molar refractivity (Wildman–Crippen MR) is 80.1 cm³/mol. The van der Waals surface area contributed by atoms with E-state index in [4.69, 9.17) is 10.5 Å². The van der Waals surface area contributed by atoms with E-state index in [1.165, 1.54) is 26.4 Å². The molecule has 0 fully saturated rings. The number of carbonyl (C=O) groups is 1. The van der Waals surface area contributed by atoms with Gasteiger partial charge in [-0.2, -0.15) is 0 Å². The van der Waals surface area contributed by atoms with E-state index in [-0.39, 0.29) is 5.75 Å². The van der Waals surface area contributed by atoms with Gasteiger partial charge in [0.15, 0.2) is 11.5 Å². The Hall–Kier alpha value is -2.89. The lowest BCUT2D eigenvalue weighted by Gasteiger charge is -2.12. The Bertz CT molecular complexity index is 671. The third-order valence-corrected chi connectivity index (χ3v) is 2.93. The summed E-state index contributed by atoms with van der Waals surface area (Å²) < 4.78 is 9.60. The SMILES string of the molecule is COC(=O)c1ccc(Nc2ccc(OC)c(O)c2)c(N)c1. The molecular formula is C15H16N2O4. The van der Waals surface area contributed by atoms with Gasteiger partial charge in [-0.05, 0) is 30.3 Å². The topological polar surface area (TPSA) is 93.8 Å². The van der Waals surface area contributed by atoms with Crippen LogP contribution in [0.3, 0.4) is 0 Å². The van der Waals surface area contributed by atoms with Crippen molar-refractivity contribution in [3.8, 4) is 11.5 Å². The number of nitrogens with two attached hydrogens (primary N) is 1. The van der Waals surface area contributed by atoms with Crippen molar-refractivity contribution in [2.75, 3.05) is 25.3 Å². The maximum atomic E-state index is 11.4. The van der Waals surface area contributed by atoms with E-state index in [1.54, 1.807) is 24.3 Å². The number of hydrogen-bond acceptors (Lipinski definition) is 6. The smallest absolute Gasteiger partial charge is 0.337 e. The van der Waals surface area contributed by atoms with E-state index in [2.05, 4.69) is 10.1 Å². The van der Waals surface area contributed by atoms with Crippen molar-refractivity contribution in [2.45, 2.75) is 0 Å². The Morgan fingerprint density at radius 1 is 1.19 bits per heavy atom. The molecule has 0 saturated heterocycles. The van der Waals surface area contributed by atoms with Gasteiger partial charge in [-0.3, -0.25) is 0 Å². The monoisotopic (exact) mass is 288 g/mol. The first-order valence-electron chi connectivity index (χ1n) is 6.17. The minimum absolute atomic E-state index is 0.0206. The molecule has 0 aromatic heterocycles. The summed E-state index contributed by atoms with van der Waals surface area (Å²) in [5.41, 5.74) is 7.93. The Morgan fingerprint density at radius 3 is 2.52 bits per heavy atom. The first-order valence-corrected chi connectivity index (χ1v) is 6.17. The molecule has 0 spiro atoms. The number of benzene rings is 2. The molecule has 21 heavy (non-hydrogen) atoms. The first kappa shape index (κ1) is 14.5. The molecular weight excluding hydrogens is 272 g/mol. The number of nitrogen functional groups attached to an aromatic ring is 1. The number of ether oxygens (including phenoxy) is 2. The van der Waals surface area contributed by atoms with Gasteiger partial charge in [0.1, 0.15) is 0 Å². The molecule has 0 bridgehead atoms. The summed E-state index contributed by atoms with van der Waals surface area (Å²) in [7, 11) is 2.79. The van der Waals surface area contributed by atoms with Crippen LogP contribution in [0, 0.1) is 0 Å². The third kappa shape index (κ3) is 3.17. The number of aromatic hydroxyl groups is 1. The summed E-state index contributed by atoms with van der Waals surface area (Å²) in [5, 5.41) is 12.8. The summed E-state index contributed by atoms with van der Waals surface area (Å²) in [5.74, 6) is -0.0443. The summed E-state index contributed by atoms with van der Waals surface area (Å²) in [6, 6.07) is 9.70. The number of rotatable bonds is 4. The van der Waals surface area contributed by atoms with Crippen LogP contribution in [0.2, 0.25) is 0 Å². The third-order valence-electron chi connectivity index (χ3n) is 2.93. The van der Waals surface area contributed by atoms with Crippen LogP contribution in [-0.4, -0.2) is 25.3 Å². The number of phenols is 1. The van der Waals surface area contributed by atoms with Crippen molar-refractivity contribution in [1.82, 2.24) is 0 Å². The van der Waals surface area contributed by atoms with Crippen LogP contribution < -0.4 is 15.8 Å². The average Bonchev–Trinajstić information content (AvgIpc) is 2.48. The predicted octanol–water partition coefficient (Wildman–Crippen LogP) is 2.51. The van der Waals surface area contributed by atoms with Gasteiger partial charge >= 0.3 is 5.97 Å². The largest absolute Gasteiger partial charge is 0.504 e. The first-order chi connectivity index (χ1) is 10.0. The van der Waals surface area contributed by atoms with Gasteiger partial charge in [0.05, 0.1) is 31.2 Å². The lowest BCUT2D eigenvalue weighted by atomic mass is 10.1. The highest BCUT2D eigenvalue weighted by Crippen LogP contribution is 2.31. The maximum absolute atomic E-state index is 11.4. The van der Waals surface area contributed by atoms with Gasteiger partial charge < -0.3 is 25.6 Å². The molecule has 110 valence electrons. The Morgan fingerprint density at radius 2 is 1.95 bits per heavy atom. The molecule has 0 atom stereocenters. The number of hydrogen-bond donors (Lipinski definition) is 3. The molecule has 6 nitrogen and oxygen atoms in total. The number of esters is 1. The number of nitrogens with one attached hydrogen (secondary N) is 1. The van der Waals surface area contributed by atoms with Crippen molar-refractivity contribution < 1.29 is 19.4 Å². The minimum atomic E-state index is -0.449. The van der Waals surface area contributed by atoms with E-state index in [0.717, 1.165) is 0 Å². The van der Waals surface area contributed by atoms with Gasteiger partial charge in [0.25, 0.3) is 0 Å². The van der Waals surface area contributed by atoms with Crippen LogP contribution in [0.15, 0.2) is 36.4 Å². The highest BCUT2D eigenvalue weighted by molar-refractivity contribution is 5.92. The summed E-state index contributed by atoms with van der Waals surface area (Å²) in [4.78, 5) is 11.4. The molecule has 0 amide bonds. The zero-order chi connectivity index (χ0) is 15.4. The number of phenolic OH excluding ortho intramolecular Hbond substituents is 1. The van der Waals surface area contributed by atoms with Crippen LogP contribution in [-0.2, 0) is 4.74 Å². The number of methoxy groups -OCH3 is 2. The second-order valence-electron chi connectivity index (χ2n) is 4.31. The summed E-state index contributed by atoms with van der Waals surface area (Å²) in [6.07, 6.45) is 0. The Kier molecular flexibility index (Phi) is 4.18. The van der Waals surface area contributed by atoms with Crippen LogP contribution in [0.5, 0.6) is 11.5 Å². The summed E-state index contributed by atoms with van der Waals surface area (Å²) >= 11 is 0. The summed E-state index contributed by atoms with van der Waals surface area (Å²) in [6.45, 7) is 0. The van der Waals surface area contributed by atoms with E-state index in [0.29, 0.717) is 28.4 Å². The molecule has 0 saturated carbocycles. The van der Waals surface area contributed by atoms with Gasteiger partial charge in [-0.15, -0.1) is 0 Å². The maximum Gasteiger partial charge on any atom is 0.337 e. The van der Waals surface area contributed by atoms with Crippen molar-refractivity contribution in [3.05, 3.63) is 42.0 Å². The normalized spacial score (nSPS) is 10.0. The quantitative estimate of drug-likeness (QED) is 0.591. The fourth-order valence-corrected chi connectivity index (χ4v) is 1.84. The van der Waals surface area contributed by atoms with Gasteiger partial charge in [0, 0.05) is 11.8 Å². The number of carbonyl (C=O) groups excluding carboxylic acids is 1. The number of anilines is 3. The lowest BCUT2D eigenvalue weighted by Crippen LogP contribution is -2.03. The molecule has 0 aliphatic rings. The van der Waals surface area contributed by atoms with Crippen molar-refractivity contribution >= 4 is 23.0 Å². The van der Waals surface area contributed by atoms with Crippen LogP contribution in [0.25, 0.3) is 0 Å². The van der Waals surface area contributed by atoms with Crippen LogP contribution in [0.1, 0.15) is 10.4 Å². The molecule has 2 aromatic rings. The second-order valence-corrected chi connectivity index (χ2v) is 4.31. The zero-order valence-electron chi connectivity index (χ0n) is 11.7. The molecule has 6 heteroatoms. The fourth-order valence-electron chi connectivity index (χ4n) is 1.84. The molecule has 0 aliphatic carbocycles. The molecule has 4 N–H and O–H groups in total. The average molecular weight is 288 g/mol. The van der Waals surface area contributed by atoms with Gasteiger partial charge in [-0.25, -0.2) is 4.79 Å². The van der Waals surface area contributed by atoms with E-state index >= 15 is 0 Å². The Labute approximate surface area is 122 Å². The van der Waals surface area contributed by atoms with Crippen molar-refractivity contribution in [3.63, 3.8) is 0 Å². The van der Waals surface area contributed by atoms with Crippen molar-refractivity contribution in [2.24, 2.45) is 0 Å². The second kappa shape index (κ2) is 6.04. The molecule has 0 radical (unpaired) electrons. The van der Waals surface area contributed by atoms with E-state index < -0.39 is 5.97 Å². The fraction of sp³-hybridized carbons (Fsp3) is 0.133. The zero-order valence-corrected chi connectivity index (χ0v) is 11.7. The highest BCUT2D eigenvalue weighted by atomic mass is 16.5. The molecule has 0 heterocycles. The molecule has 0 unspecified atom stereocenters. The van der Waals surface area contributed by atoms with E-state index in [9.17, 15) is 9.90 Å². The molecule has 2 rings (SSSR count). The van der Waals surface area contributed by atoms with Crippen LogP contribution >= 0.6 is 0 Å². The minimum Gasteiger partial charge on any atom is -0.504 e. The van der Waals surface area contributed by atoms with Gasteiger partial charge in [-0.1, -0.05) is 0 Å². The molecule has 2 aromatic carbocycles. The Balaban J connectivity index is 2.24. The highest BCUT2D eigenvalue weighted by Gasteiger charge is 2.09. The lowest BCUT2D eigenvalue weighted by molar-refractivity contribution is 0.0601. The van der Waals surface area contributed by atoms with Gasteiger partial charge in [0.2, 0.25) is 0 Å².